The standard InChI is InChI=1S/C12H7ClFN3O3/c13-6-1-2-8(14)7(5-6)11(18)17-10-9(12(19)20)15-3-4-16-10/h1-5H,(H,19,20)(H,16,17,18). The molecule has 0 spiro atoms. The maximum absolute atomic E-state index is 13.5. The van der Waals surface area contributed by atoms with Crippen molar-refractivity contribution in [1.29, 1.82) is 0 Å². The summed E-state index contributed by atoms with van der Waals surface area (Å²) in [6.07, 6.45) is 2.37. The Balaban J connectivity index is 2.33. The first-order valence-electron chi connectivity index (χ1n) is 5.29. The van der Waals surface area contributed by atoms with Crippen LogP contribution in [0.15, 0.2) is 30.6 Å². The Labute approximate surface area is 117 Å². The van der Waals surface area contributed by atoms with E-state index in [9.17, 15) is 14.0 Å². The van der Waals surface area contributed by atoms with E-state index >= 15 is 0 Å². The van der Waals surface area contributed by atoms with Crippen molar-refractivity contribution >= 4 is 29.3 Å². The number of nitrogens with one attached hydrogen (secondary N) is 1. The van der Waals surface area contributed by atoms with Crippen LogP contribution in [0, 0.1) is 5.82 Å². The van der Waals surface area contributed by atoms with Crippen LogP contribution in [-0.4, -0.2) is 27.0 Å². The van der Waals surface area contributed by atoms with Crippen LogP contribution in [0.25, 0.3) is 0 Å². The summed E-state index contributed by atoms with van der Waals surface area (Å²) in [5.74, 6) is -3.29. The number of hydrogen-bond acceptors (Lipinski definition) is 4. The summed E-state index contributed by atoms with van der Waals surface area (Å²) in [5, 5.41) is 11.3. The summed E-state index contributed by atoms with van der Waals surface area (Å²) in [5.41, 5.74) is -0.761. The SMILES string of the molecule is O=C(Nc1nccnc1C(=O)O)c1cc(Cl)ccc1F. The molecule has 2 aromatic rings. The monoisotopic (exact) mass is 295 g/mol. The van der Waals surface area contributed by atoms with E-state index in [2.05, 4.69) is 15.3 Å². The topological polar surface area (TPSA) is 92.2 Å². The Bertz CT molecular complexity index is 693. The number of halogens is 2. The van der Waals surface area contributed by atoms with Gasteiger partial charge in [-0.05, 0) is 18.2 Å². The van der Waals surface area contributed by atoms with Crippen LogP contribution < -0.4 is 5.32 Å². The first-order valence-corrected chi connectivity index (χ1v) is 5.67. The van der Waals surface area contributed by atoms with Crippen molar-refractivity contribution < 1.29 is 19.1 Å². The number of carboxylic acid groups (broad SMARTS) is 1. The molecule has 1 aromatic carbocycles. The minimum Gasteiger partial charge on any atom is -0.476 e. The third-order valence-electron chi connectivity index (χ3n) is 2.31. The predicted molar refractivity (Wildman–Crippen MR) is 68.4 cm³/mol. The molecule has 2 N–H and O–H groups in total. The molecule has 0 atom stereocenters. The molecule has 8 heteroatoms. The highest BCUT2D eigenvalue weighted by Crippen LogP contribution is 2.17. The zero-order chi connectivity index (χ0) is 14.7. The smallest absolute Gasteiger partial charge is 0.358 e. The third kappa shape index (κ3) is 2.89. The Morgan fingerprint density at radius 1 is 1.25 bits per heavy atom. The van der Waals surface area contributed by atoms with Crippen LogP contribution in [0.2, 0.25) is 5.02 Å². The van der Waals surface area contributed by atoms with E-state index in [4.69, 9.17) is 16.7 Å². The molecule has 1 aromatic heterocycles. The largest absolute Gasteiger partial charge is 0.476 e. The van der Waals surface area contributed by atoms with E-state index in [1.807, 2.05) is 0 Å². The highest BCUT2D eigenvalue weighted by atomic mass is 35.5. The van der Waals surface area contributed by atoms with Crippen LogP contribution >= 0.6 is 11.6 Å². The molecule has 2 rings (SSSR count). The summed E-state index contributed by atoms with van der Waals surface area (Å²) >= 11 is 5.68. The molecule has 0 aliphatic rings. The van der Waals surface area contributed by atoms with Crippen LogP contribution in [0.5, 0.6) is 0 Å². The van der Waals surface area contributed by atoms with E-state index in [0.717, 1.165) is 12.1 Å². The highest BCUT2D eigenvalue weighted by Gasteiger charge is 2.18. The molecule has 0 aliphatic heterocycles. The second-order valence-corrected chi connectivity index (χ2v) is 4.07. The van der Waals surface area contributed by atoms with Crippen LogP contribution in [-0.2, 0) is 0 Å². The highest BCUT2D eigenvalue weighted by molar-refractivity contribution is 6.31. The van der Waals surface area contributed by atoms with Crippen molar-refractivity contribution in [3.63, 3.8) is 0 Å². The Hall–Kier alpha value is -2.54. The van der Waals surface area contributed by atoms with Gasteiger partial charge in [0.2, 0.25) is 0 Å². The number of amides is 1. The van der Waals surface area contributed by atoms with E-state index in [-0.39, 0.29) is 16.4 Å². The Kier molecular flexibility index (Phi) is 3.90. The molecule has 0 bridgehead atoms. The maximum Gasteiger partial charge on any atom is 0.358 e. The number of aromatic nitrogens is 2. The van der Waals surface area contributed by atoms with Crippen LogP contribution in [0.1, 0.15) is 20.8 Å². The summed E-state index contributed by atoms with van der Waals surface area (Å²) < 4.78 is 13.5. The summed E-state index contributed by atoms with van der Waals surface area (Å²) in [4.78, 5) is 30.1. The molecule has 20 heavy (non-hydrogen) atoms. The van der Waals surface area contributed by atoms with Crippen molar-refractivity contribution in [3.8, 4) is 0 Å². The summed E-state index contributed by atoms with van der Waals surface area (Å²) in [7, 11) is 0. The number of hydrogen-bond donors (Lipinski definition) is 2. The summed E-state index contributed by atoms with van der Waals surface area (Å²) in [6, 6.07) is 3.45. The molecule has 0 fully saturated rings. The van der Waals surface area contributed by atoms with Crippen molar-refractivity contribution in [2.24, 2.45) is 0 Å². The lowest BCUT2D eigenvalue weighted by Gasteiger charge is -2.07. The quantitative estimate of drug-likeness (QED) is 0.906. The van der Waals surface area contributed by atoms with Gasteiger partial charge < -0.3 is 10.4 Å². The number of aromatic carboxylic acids is 1. The fourth-order valence-corrected chi connectivity index (χ4v) is 1.60. The minimum atomic E-state index is -1.36. The van der Waals surface area contributed by atoms with Crippen molar-refractivity contribution in [2.45, 2.75) is 0 Å². The first-order chi connectivity index (χ1) is 9.49. The number of benzene rings is 1. The molecule has 6 nitrogen and oxygen atoms in total. The van der Waals surface area contributed by atoms with Gasteiger partial charge in [-0.1, -0.05) is 11.6 Å². The van der Waals surface area contributed by atoms with E-state index in [0.29, 0.717) is 0 Å². The molecule has 1 amide bonds. The Morgan fingerprint density at radius 3 is 2.65 bits per heavy atom. The van der Waals surface area contributed by atoms with Gasteiger partial charge in [0, 0.05) is 17.4 Å². The van der Waals surface area contributed by atoms with E-state index < -0.39 is 23.4 Å². The first kappa shape index (κ1) is 13.9. The van der Waals surface area contributed by atoms with Gasteiger partial charge in [-0.25, -0.2) is 19.2 Å². The van der Waals surface area contributed by atoms with Gasteiger partial charge in [0.05, 0.1) is 5.56 Å². The second-order valence-electron chi connectivity index (χ2n) is 3.64. The summed E-state index contributed by atoms with van der Waals surface area (Å²) in [6.45, 7) is 0. The van der Waals surface area contributed by atoms with Gasteiger partial charge in [-0.3, -0.25) is 4.79 Å². The van der Waals surface area contributed by atoms with Crippen LogP contribution in [0.4, 0.5) is 10.2 Å². The molecule has 0 aliphatic carbocycles. The number of carbonyl (C=O) groups is 2. The maximum atomic E-state index is 13.5. The fraction of sp³-hybridized carbons (Fsp3) is 0. The molecule has 0 saturated heterocycles. The van der Waals surface area contributed by atoms with Gasteiger partial charge in [0.25, 0.3) is 5.91 Å². The molecular formula is C12H7ClFN3O3. The third-order valence-corrected chi connectivity index (χ3v) is 2.54. The predicted octanol–water partition coefficient (Wildman–Crippen LogP) is 2.22. The lowest BCUT2D eigenvalue weighted by molar-refractivity contribution is 0.0691. The van der Waals surface area contributed by atoms with E-state index in [1.54, 1.807) is 0 Å². The lowest BCUT2D eigenvalue weighted by Crippen LogP contribution is -2.18. The number of rotatable bonds is 3. The number of nitrogens with zero attached hydrogens (tertiary/aromatic N) is 2. The molecule has 102 valence electrons. The fourth-order valence-electron chi connectivity index (χ4n) is 1.43. The minimum absolute atomic E-state index is 0.175. The van der Waals surface area contributed by atoms with Gasteiger partial charge in [0.15, 0.2) is 11.5 Å². The normalized spacial score (nSPS) is 10.1. The number of carbonyl (C=O) groups excluding carboxylic acids is 1. The zero-order valence-corrected chi connectivity index (χ0v) is 10.6. The molecule has 1 heterocycles. The van der Waals surface area contributed by atoms with E-state index in [1.165, 1.54) is 18.5 Å². The van der Waals surface area contributed by atoms with Crippen molar-refractivity contribution in [2.75, 3.05) is 5.32 Å². The molecular weight excluding hydrogens is 289 g/mol. The Morgan fingerprint density at radius 2 is 1.95 bits per heavy atom. The molecule has 0 radical (unpaired) electrons. The van der Waals surface area contributed by atoms with Gasteiger partial charge in [0.1, 0.15) is 5.82 Å². The van der Waals surface area contributed by atoms with Gasteiger partial charge in [-0.15, -0.1) is 0 Å². The molecule has 0 saturated carbocycles. The zero-order valence-electron chi connectivity index (χ0n) is 9.80. The number of anilines is 1. The van der Waals surface area contributed by atoms with Crippen molar-refractivity contribution in [1.82, 2.24) is 9.97 Å². The van der Waals surface area contributed by atoms with Crippen LogP contribution in [0.3, 0.4) is 0 Å². The molecule has 0 unspecified atom stereocenters. The van der Waals surface area contributed by atoms with Crippen molar-refractivity contribution in [3.05, 3.63) is 52.7 Å². The number of carboxylic acids is 1. The average Bonchev–Trinajstić information content (AvgIpc) is 2.41. The lowest BCUT2D eigenvalue weighted by atomic mass is 10.2. The second kappa shape index (κ2) is 5.62. The van der Waals surface area contributed by atoms with Gasteiger partial charge in [-0.2, -0.15) is 0 Å². The van der Waals surface area contributed by atoms with Gasteiger partial charge >= 0.3 is 5.97 Å². The average molecular weight is 296 g/mol.